The number of nitrogens with zero attached hydrogens (tertiary/aromatic N) is 1. The molecule has 2 N–H and O–H groups in total. The van der Waals surface area contributed by atoms with Crippen LogP contribution in [0, 0.1) is 5.41 Å². The Morgan fingerprint density at radius 3 is 2.58 bits per heavy atom. The summed E-state index contributed by atoms with van der Waals surface area (Å²) in [5, 5.41) is 12.0. The summed E-state index contributed by atoms with van der Waals surface area (Å²) in [5.74, 6) is -1.34. The van der Waals surface area contributed by atoms with Crippen LogP contribution in [0.15, 0.2) is 0 Å². The number of hydrogen-bond donors (Lipinski definition) is 2. The second-order valence-corrected chi connectivity index (χ2v) is 6.12. The van der Waals surface area contributed by atoms with Gasteiger partial charge in [0.2, 0.25) is 5.91 Å². The van der Waals surface area contributed by atoms with Crippen molar-refractivity contribution >= 4 is 18.0 Å². The molecule has 2 fully saturated rings. The van der Waals surface area contributed by atoms with Gasteiger partial charge in [-0.25, -0.2) is 4.79 Å². The van der Waals surface area contributed by atoms with Crippen molar-refractivity contribution in [1.82, 2.24) is 10.2 Å². The van der Waals surface area contributed by atoms with Crippen molar-refractivity contribution in [3.05, 3.63) is 0 Å². The first-order valence-corrected chi connectivity index (χ1v) is 6.15. The Morgan fingerprint density at radius 1 is 1.47 bits per heavy atom. The van der Waals surface area contributed by atoms with E-state index < -0.39 is 29.1 Å². The largest absolute Gasteiger partial charge is 0.481 e. The van der Waals surface area contributed by atoms with Crippen LogP contribution in [0.2, 0.25) is 0 Å². The first-order chi connectivity index (χ1) is 8.64. The van der Waals surface area contributed by atoms with Gasteiger partial charge in [0.05, 0.1) is 6.04 Å². The number of likely N-dealkylation sites (tertiary alicyclic amines) is 1. The number of carboxylic acids is 1. The number of rotatable bonds is 1. The summed E-state index contributed by atoms with van der Waals surface area (Å²) < 4.78 is 5.22. The van der Waals surface area contributed by atoms with Gasteiger partial charge in [-0.3, -0.25) is 9.59 Å². The number of carbonyl (C=O) groups is 3. The quantitative estimate of drug-likeness (QED) is 0.709. The Morgan fingerprint density at radius 2 is 2.11 bits per heavy atom. The van der Waals surface area contributed by atoms with Gasteiger partial charge in [-0.1, -0.05) is 0 Å². The van der Waals surface area contributed by atoms with Crippen LogP contribution < -0.4 is 5.32 Å². The van der Waals surface area contributed by atoms with E-state index in [0.29, 0.717) is 0 Å². The molecule has 0 radical (unpaired) electrons. The molecule has 2 rings (SSSR count). The van der Waals surface area contributed by atoms with Crippen LogP contribution >= 0.6 is 0 Å². The maximum absolute atomic E-state index is 11.9. The molecule has 0 bridgehead atoms. The molecule has 0 aromatic heterocycles. The number of nitrogens with one attached hydrogen (secondary N) is 1. The third kappa shape index (κ3) is 2.36. The summed E-state index contributed by atoms with van der Waals surface area (Å²) in [7, 11) is 0. The first kappa shape index (κ1) is 13.6. The average molecular weight is 270 g/mol. The summed E-state index contributed by atoms with van der Waals surface area (Å²) in [6.45, 7) is 5.41. The molecule has 0 spiro atoms. The van der Waals surface area contributed by atoms with Gasteiger partial charge < -0.3 is 20.1 Å². The molecule has 19 heavy (non-hydrogen) atoms. The number of hydrogen-bond acceptors (Lipinski definition) is 4. The number of aliphatic carboxylic acids is 1. The molecule has 2 aliphatic rings. The summed E-state index contributed by atoms with van der Waals surface area (Å²) >= 11 is 0. The molecule has 0 aromatic rings. The third-order valence-corrected chi connectivity index (χ3v) is 3.43. The van der Waals surface area contributed by atoms with E-state index >= 15 is 0 Å². The van der Waals surface area contributed by atoms with E-state index in [-0.39, 0.29) is 25.4 Å². The number of fused-ring (bicyclic) bond motifs is 1. The molecule has 7 nitrogen and oxygen atoms in total. The number of carbonyl (C=O) groups excluding carboxylic acids is 2. The van der Waals surface area contributed by atoms with Crippen LogP contribution in [-0.2, 0) is 14.3 Å². The molecule has 0 saturated carbocycles. The molecule has 2 saturated heterocycles. The zero-order chi connectivity index (χ0) is 14.4. The second-order valence-electron chi connectivity index (χ2n) is 6.12. The average Bonchev–Trinajstić information content (AvgIpc) is 2.68. The highest BCUT2D eigenvalue weighted by Gasteiger charge is 2.59. The molecule has 2 heterocycles. The van der Waals surface area contributed by atoms with Gasteiger partial charge in [0.25, 0.3) is 0 Å². The lowest BCUT2D eigenvalue weighted by Gasteiger charge is -2.25. The van der Waals surface area contributed by atoms with Crippen molar-refractivity contribution in [2.45, 2.75) is 38.8 Å². The fraction of sp³-hybridized carbons (Fsp3) is 0.750. The Hall–Kier alpha value is -1.79. The molecule has 7 heteroatoms. The summed E-state index contributed by atoms with van der Waals surface area (Å²) in [6.07, 6.45) is -0.636. The SMILES string of the molecule is CC(C)(C)OC(=O)N1CC2NC(=O)CC2(C(=O)O)C1. The minimum absolute atomic E-state index is 0.000648. The molecular formula is C12H18N2O5. The summed E-state index contributed by atoms with van der Waals surface area (Å²) in [6, 6.07) is -0.537. The second kappa shape index (κ2) is 4.11. The Balaban J connectivity index is 2.13. The predicted octanol–water partition coefficient (Wildman–Crippen LogP) is 0.197. The van der Waals surface area contributed by atoms with Gasteiger partial charge in [-0.05, 0) is 20.8 Å². The van der Waals surface area contributed by atoms with Crippen LogP contribution in [0.25, 0.3) is 0 Å². The Bertz CT molecular complexity index is 442. The molecule has 2 atom stereocenters. The molecule has 2 aliphatic heterocycles. The molecule has 0 aromatic carbocycles. The van der Waals surface area contributed by atoms with Crippen molar-refractivity contribution in [2.75, 3.05) is 13.1 Å². The van der Waals surface area contributed by atoms with Gasteiger partial charge in [-0.2, -0.15) is 0 Å². The van der Waals surface area contributed by atoms with E-state index in [0.717, 1.165) is 0 Å². The van der Waals surface area contributed by atoms with E-state index in [2.05, 4.69) is 5.32 Å². The van der Waals surface area contributed by atoms with Crippen LogP contribution in [0.4, 0.5) is 4.79 Å². The highest BCUT2D eigenvalue weighted by molar-refractivity contribution is 5.91. The molecule has 0 aliphatic carbocycles. The fourth-order valence-electron chi connectivity index (χ4n) is 2.56. The number of carboxylic acid groups (broad SMARTS) is 1. The Kier molecular flexibility index (Phi) is 2.95. The van der Waals surface area contributed by atoms with Gasteiger partial charge in [0, 0.05) is 19.5 Å². The normalized spacial score (nSPS) is 29.9. The van der Waals surface area contributed by atoms with E-state index in [9.17, 15) is 19.5 Å². The summed E-state index contributed by atoms with van der Waals surface area (Å²) in [5.41, 5.74) is -1.84. The van der Waals surface area contributed by atoms with E-state index in [1.807, 2.05) is 0 Å². The monoisotopic (exact) mass is 270 g/mol. The number of amides is 2. The van der Waals surface area contributed by atoms with Crippen molar-refractivity contribution in [3.8, 4) is 0 Å². The van der Waals surface area contributed by atoms with Crippen LogP contribution in [-0.4, -0.2) is 52.7 Å². The van der Waals surface area contributed by atoms with E-state index in [1.54, 1.807) is 20.8 Å². The lowest BCUT2D eigenvalue weighted by Crippen LogP contribution is -2.41. The molecule has 2 unspecified atom stereocenters. The van der Waals surface area contributed by atoms with Gasteiger partial charge in [0.1, 0.15) is 11.0 Å². The standard InChI is InChI=1S/C12H18N2O5/c1-11(2,3)19-10(18)14-5-7-12(6-14,9(16)17)4-8(15)13-7/h7H,4-6H2,1-3H3,(H,13,15)(H,16,17). The van der Waals surface area contributed by atoms with E-state index in [1.165, 1.54) is 4.90 Å². The topological polar surface area (TPSA) is 95.9 Å². The van der Waals surface area contributed by atoms with Crippen molar-refractivity contribution < 1.29 is 24.2 Å². The van der Waals surface area contributed by atoms with Crippen molar-refractivity contribution in [2.24, 2.45) is 5.41 Å². The summed E-state index contributed by atoms with van der Waals surface area (Å²) in [4.78, 5) is 36.1. The van der Waals surface area contributed by atoms with Crippen LogP contribution in [0.5, 0.6) is 0 Å². The van der Waals surface area contributed by atoms with Gasteiger partial charge >= 0.3 is 12.1 Å². The van der Waals surface area contributed by atoms with Crippen molar-refractivity contribution in [3.63, 3.8) is 0 Å². The van der Waals surface area contributed by atoms with Crippen LogP contribution in [0.3, 0.4) is 0 Å². The number of ether oxygens (including phenoxy) is 1. The minimum atomic E-state index is -1.21. The van der Waals surface area contributed by atoms with Crippen molar-refractivity contribution in [1.29, 1.82) is 0 Å². The predicted molar refractivity (Wildman–Crippen MR) is 64.4 cm³/mol. The minimum Gasteiger partial charge on any atom is -0.481 e. The maximum atomic E-state index is 11.9. The maximum Gasteiger partial charge on any atom is 0.410 e. The van der Waals surface area contributed by atoms with Crippen LogP contribution in [0.1, 0.15) is 27.2 Å². The smallest absolute Gasteiger partial charge is 0.410 e. The Labute approximate surface area is 110 Å². The lowest BCUT2D eigenvalue weighted by molar-refractivity contribution is -0.148. The van der Waals surface area contributed by atoms with Gasteiger partial charge in [-0.15, -0.1) is 0 Å². The molecular weight excluding hydrogens is 252 g/mol. The first-order valence-electron chi connectivity index (χ1n) is 6.15. The van der Waals surface area contributed by atoms with E-state index in [4.69, 9.17) is 4.74 Å². The fourth-order valence-corrected chi connectivity index (χ4v) is 2.56. The third-order valence-electron chi connectivity index (χ3n) is 3.43. The van der Waals surface area contributed by atoms with Gasteiger partial charge in [0.15, 0.2) is 0 Å². The highest BCUT2D eigenvalue weighted by Crippen LogP contribution is 2.39. The molecule has 106 valence electrons. The molecule has 2 amide bonds. The zero-order valence-corrected chi connectivity index (χ0v) is 11.2. The zero-order valence-electron chi connectivity index (χ0n) is 11.2. The lowest BCUT2D eigenvalue weighted by atomic mass is 9.83. The highest BCUT2D eigenvalue weighted by atomic mass is 16.6.